The molecular weight excluding hydrogens is 399 g/mol. The van der Waals surface area contributed by atoms with Crippen molar-refractivity contribution in [1.29, 1.82) is 0 Å². The second kappa shape index (κ2) is 6.61. The zero-order valence-corrected chi connectivity index (χ0v) is 16.3. The van der Waals surface area contributed by atoms with Crippen LogP contribution in [0, 0.1) is 11.7 Å². The highest BCUT2D eigenvalue weighted by atomic mass is 79.9. The van der Waals surface area contributed by atoms with Gasteiger partial charge in [0.1, 0.15) is 11.5 Å². The Morgan fingerprint density at radius 3 is 2.88 bits per heavy atom. The number of aromatic nitrogens is 4. The number of nitrogens with one attached hydrogen (secondary N) is 1. The first-order valence-electron chi connectivity index (χ1n) is 8.86. The van der Waals surface area contributed by atoms with Gasteiger partial charge in [0.2, 0.25) is 0 Å². The molecular formula is C19H20BrFN4O. The Morgan fingerprint density at radius 1 is 1.35 bits per heavy atom. The largest absolute Gasteiger partial charge is 0.292 e. The summed E-state index contributed by atoms with van der Waals surface area (Å²) in [7, 11) is 0. The van der Waals surface area contributed by atoms with Crippen LogP contribution in [0.2, 0.25) is 0 Å². The Labute approximate surface area is 159 Å². The van der Waals surface area contributed by atoms with E-state index in [2.05, 4.69) is 45.1 Å². The molecule has 1 saturated carbocycles. The van der Waals surface area contributed by atoms with Crippen LogP contribution >= 0.6 is 15.9 Å². The van der Waals surface area contributed by atoms with Crippen LogP contribution in [0.5, 0.6) is 0 Å². The van der Waals surface area contributed by atoms with Crippen molar-refractivity contribution in [3.8, 4) is 0 Å². The van der Waals surface area contributed by atoms with Crippen LogP contribution < -0.4 is 0 Å². The Balaban J connectivity index is 1.56. The van der Waals surface area contributed by atoms with Gasteiger partial charge in [0.25, 0.3) is 0 Å². The van der Waals surface area contributed by atoms with Crippen LogP contribution in [0.3, 0.4) is 0 Å². The molecule has 26 heavy (non-hydrogen) atoms. The van der Waals surface area contributed by atoms with Crippen LogP contribution in [-0.4, -0.2) is 25.8 Å². The standard InChI is InChI=1S/C19H20BrFN4O/c1-10(2)16-8-17(24-23-16)19(26)11-3-4-13(5-11)25-18-7-12(20)6-15(21)14(18)9-22-25/h6-11,13H,3-5H2,1-2H3,(H,23,24). The maximum Gasteiger partial charge on any atom is 0.183 e. The van der Waals surface area contributed by atoms with Crippen molar-refractivity contribution in [3.05, 3.63) is 46.1 Å². The second-order valence-electron chi connectivity index (χ2n) is 7.30. The van der Waals surface area contributed by atoms with E-state index in [0.29, 0.717) is 22.0 Å². The number of ketones is 1. The molecule has 5 nitrogen and oxygen atoms in total. The molecule has 1 N–H and O–H groups in total. The number of benzene rings is 1. The Morgan fingerprint density at radius 2 is 2.15 bits per heavy atom. The number of hydrogen-bond donors (Lipinski definition) is 1. The fourth-order valence-corrected chi connectivity index (χ4v) is 4.18. The van der Waals surface area contributed by atoms with Crippen LogP contribution in [0.25, 0.3) is 10.9 Å². The molecule has 1 aliphatic rings. The fraction of sp³-hybridized carbons (Fsp3) is 0.421. The molecule has 2 heterocycles. The summed E-state index contributed by atoms with van der Waals surface area (Å²) >= 11 is 3.34. The summed E-state index contributed by atoms with van der Waals surface area (Å²) in [5.74, 6) is 0.0465. The lowest BCUT2D eigenvalue weighted by Gasteiger charge is -2.13. The third kappa shape index (κ3) is 2.98. The first-order valence-corrected chi connectivity index (χ1v) is 9.65. The number of aromatic amines is 1. The summed E-state index contributed by atoms with van der Waals surface area (Å²) in [4.78, 5) is 12.8. The summed E-state index contributed by atoms with van der Waals surface area (Å²) in [6.45, 7) is 4.10. The van der Waals surface area contributed by atoms with Gasteiger partial charge in [-0.25, -0.2) is 4.39 Å². The van der Waals surface area contributed by atoms with Crippen LogP contribution in [0.4, 0.5) is 4.39 Å². The summed E-state index contributed by atoms with van der Waals surface area (Å²) in [6.07, 6.45) is 3.93. The second-order valence-corrected chi connectivity index (χ2v) is 8.21. The molecule has 1 aliphatic carbocycles. The lowest BCUT2D eigenvalue weighted by molar-refractivity contribution is 0.0915. The van der Waals surface area contributed by atoms with E-state index in [1.54, 1.807) is 6.20 Å². The Hall–Kier alpha value is -2.02. The minimum atomic E-state index is -0.287. The quantitative estimate of drug-likeness (QED) is 0.605. The average Bonchev–Trinajstić information content (AvgIpc) is 3.32. The van der Waals surface area contributed by atoms with Gasteiger partial charge in [0, 0.05) is 10.4 Å². The number of Topliss-reactive ketones (excluding diaryl/α,β-unsaturated/α-hetero) is 1. The summed E-state index contributed by atoms with van der Waals surface area (Å²) in [5, 5.41) is 12.0. The van der Waals surface area contributed by atoms with E-state index in [1.807, 2.05) is 16.8 Å². The average molecular weight is 419 g/mol. The molecule has 136 valence electrons. The van der Waals surface area contributed by atoms with Gasteiger partial charge in [0.05, 0.1) is 28.8 Å². The number of nitrogens with zero attached hydrogens (tertiary/aromatic N) is 3. The fourth-order valence-electron chi connectivity index (χ4n) is 3.76. The highest BCUT2D eigenvalue weighted by Gasteiger charge is 2.33. The van der Waals surface area contributed by atoms with Crippen LogP contribution in [0.15, 0.2) is 28.9 Å². The van der Waals surface area contributed by atoms with E-state index < -0.39 is 0 Å². The van der Waals surface area contributed by atoms with Gasteiger partial charge in [-0.15, -0.1) is 0 Å². The van der Waals surface area contributed by atoms with Gasteiger partial charge in [-0.1, -0.05) is 29.8 Å². The molecule has 0 radical (unpaired) electrons. The number of fused-ring (bicyclic) bond motifs is 1. The molecule has 1 fully saturated rings. The maximum atomic E-state index is 14.1. The predicted molar refractivity (Wildman–Crippen MR) is 101 cm³/mol. The van der Waals surface area contributed by atoms with Crippen molar-refractivity contribution < 1.29 is 9.18 Å². The topological polar surface area (TPSA) is 63.6 Å². The number of carbonyl (C=O) groups excluding carboxylic acids is 1. The van der Waals surface area contributed by atoms with Crippen LogP contribution in [-0.2, 0) is 0 Å². The molecule has 0 aliphatic heterocycles. The summed E-state index contributed by atoms with van der Waals surface area (Å²) in [5.41, 5.74) is 2.25. The van der Waals surface area contributed by atoms with Crippen molar-refractivity contribution in [3.63, 3.8) is 0 Å². The molecule has 4 rings (SSSR count). The lowest BCUT2D eigenvalue weighted by Crippen LogP contribution is -2.14. The molecule has 2 aromatic heterocycles. The van der Waals surface area contributed by atoms with Crippen molar-refractivity contribution in [1.82, 2.24) is 20.0 Å². The zero-order chi connectivity index (χ0) is 18.4. The van der Waals surface area contributed by atoms with E-state index >= 15 is 0 Å². The molecule has 2 unspecified atom stereocenters. The first-order chi connectivity index (χ1) is 12.4. The third-order valence-corrected chi connectivity index (χ3v) is 5.66. The van der Waals surface area contributed by atoms with Crippen molar-refractivity contribution in [2.24, 2.45) is 5.92 Å². The molecule has 0 bridgehead atoms. The van der Waals surface area contributed by atoms with Gasteiger partial charge >= 0.3 is 0 Å². The molecule has 3 aromatic rings. The number of hydrogen-bond acceptors (Lipinski definition) is 3. The number of halogens is 2. The first kappa shape index (κ1) is 17.4. The normalized spacial score (nSPS) is 20.3. The van der Waals surface area contributed by atoms with E-state index in [4.69, 9.17) is 0 Å². The molecule has 7 heteroatoms. The summed E-state index contributed by atoms with van der Waals surface area (Å²) < 4.78 is 16.6. The van der Waals surface area contributed by atoms with Gasteiger partial charge in [-0.3, -0.25) is 14.6 Å². The Kier molecular flexibility index (Phi) is 4.42. The zero-order valence-electron chi connectivity index (χ0n) is 14.7. The van der Waals surface area contributed by atoms with E-state index in [0.717, 1.165) is 24.1 Å². The van der Waals surface area contributed by atoms with Crippen molar-refractivity contribution in [2.45, 2.75) is 45.1 Å². The van der Waals surface area contributed by atoms with E-state index in [9.17, 15) is 9.18 Å². The van der Waals surface area contributed by atoms with Crippen molar-refractivity contribution >= 4 is 32.6 Å². The SMILES string of the molecule is CC(C)c1cc(C(=O)C2CCC(n3ncc4c(F)cc(Br)cc43)C2)[nH]n1. The van der Waals surface area contributed by atoms with Gasteiger partial charge < -0.3 is 0 Å². The maximum absolute atomic E-state index is 14.1. The van der Waals surface area contributed by atoms with Gasteiger partial charge in [-0.05, 0) is 43.4 Å². The van der Waals surface area contributed by atoms with Gasteiger partial charge in [0.15, 0.2) is 5.78 Å². The summed E-state index contributed by atoms with van der Waals surface area (Å²) in [6, 6.07) is 5.28. The highest BCUT2D eigenvalue weighted by molar-refractivity contribution is 9.10. The minimum Gasteiger partial charge on any atom is -0.292 e. The number of carbonyl (C=O) groups is 1. The lowest BCUT2D eigenvalue weighted by atomic mass is 9.99. The predicted octanol–water partition coefficient (Wildman–Crippen LogP) is 5.01. The molecule has 0 saturated heterocycles. The van der Waals surface area contributed by atoms with Crippen LogP contribution in [0.1, 0.15) is 61.3 Å². The van der Waals surface area contributed by atoms with E-state index in [1.165, 1.54) is 6.07 Å². The Bertz CT molecular complexity index is 977. The molecule has 0 amide bonds. The molecule has 2 atom stereocenters. The van der Waals surface area contributed by atoms with Gasteiger partial charge in [-0.2, -0.15) is 10.2 Å². The number of rotatable bonds is 4. The molecule has 0 spiro atoms. The monoisotopic (exact) mass is 418 g/mol. The molecule has 1 aromatic carbocycles. The third-order valence-electron chi connectivity index (χ3n) is 5.21. The van der Waals surface area contributed by atoms with E-state index in [-0.39, 0.29) is 29.5 Å². The minimum absolute atomic E-state index is 0.0586. The highest BCUT2D eigenvalue weighted by Crippen LogP contribution is 2.38. The smallest absolute Gasteiger partial charge is 0.183 e. The number of H-pyrrole nitrogens is 1. The van der Waals surface area contributed by atoms with Crippen molar-refractivity contribution in [2.75, 3.05) is 0 Å².